The smallest absolute Gasteiger partial charge is 0.00151 e. The van der Waals surface area contributed by atoms with Gasteiger partial charge in [-0.1, -0.05) is 33.1 Å². The number of rotatable bonds is 4. The standard InChI is InChI=1S/C13H25N/c1-3-14-10-12-9-13(12,2)11-7-5-4-6-8-11/h11-12,14H,3-10H2,1-2H3. The quantitative estimate of drug-likeness (QED) is 0.726. The zero-order valence-corrected chi connectivity index (χ0v) is 9.81. The maximum absolute atomic E-state index is 3.50. The highest BCUT2D eigenvalue weighted by molar-refractivity contribution is 5.04. The van der Waals surface area contributed by atoms with Crippen LogP contribution in [0.3, 0.4) is 0 Å². The van der Waals surface area contributed by atoms with Crippen molar-refractivity contribution in [2.24, 2.45) is 17.3 Å². The summed E-state index contributed by atoms with van der Waals surface area (Å²) in [5, 5.41) is 3.50. The van der Waals surface area contributed by atoms with Gasteiger partial charge in [0.05, 0.1) is 0 Å². The normalized spacial score (nSPS) is 38.6. The van der Waals surface area contributed by atoms with Crippen LogP contribution < -0.4 is 5.32 Å². The highest BCUT2D eigenvalue weighted by Crippen LogP contribution is 2.60. The predicted molar refractivity (Wildman–Crippen MR) is 61.3 cm³/mol. The molecule has 0 amide bonds. The van der Waals surface area contributed by atoms with Crippen molar-refractivity contribution in [1.29, 1.82) is 0 Å². The van der Waals surface area contributed by atoms with Crippen LogP contribution >= 0.6 is 0 Å². The molecule has 0 saturated heterocycles. The first-order valence-corrected chi connectivity index (χ1v) is 6.48. The van der Waals surface area contributed by atoms with Crippen LogP contribution in [-0.2, 0) is 0 Å². The third-order valence-electron chi connectivity index (χ3n) is 4.64. The van der Waals surface area contributed by atoms with E-state index in [1.165, 1.54) is 45.1 Å². The van der Waals surface area contributed by atoms with Crippen molar-refractivity contribution in [3.63, 3.8) is 0 Å². The Hall–Kier alpha value is -0.0400. The second kappa shape index (κ2) is 4.22. The van der Waals surface area contributed by atoms with E-state index >= 15 is 0 Å². The Kier molecular flexibility index (Phi) is 3.16. The van der Waals surface area contributed by atoms with Gasteiger partial charge in [-0.05, 0) is 49.6 Å². The highest BCUT2D eigenvalue weighted by atomic mass is 14.9. The first kappa shape index (κ1) is 10.5. The molecule has 0 aliphatic heterocycles. The zero-order valence-electron chi connectivity index (χ0n) is 9.81. The Morgan fingerprint density at radius 2 is 1.93 bits per heavy atom. The molecule has 2 rings (SSSR count). The summed E-state index contributed by atoms with van der Waals surface area (Å²) in [7, 11) is 0. The summed E-state index contributed by atoms with van der Waals surface area (Å²) in [6.07, 6.45) is 9.00. The Bertz CT molecular complexity index is 184. The van der Waals surface area contributed by atoms with Crippen LogP contribution in [0.25, 0.3) is 0 Å². The third-order valence-corrected chi connectivity index (χ3v) is 4.64. The third kappa shape index (κ3) is 1.98. The Balaban J connectivity index is 1.79. The lowest BCUT2D eigenvalue weighted by atomic mass is 9.77. The summed E-state index contributed by atoms with van der Waals surface area (Å²) >= 11 is 0. The van der Waals surface area contributed by atoms with Crippen LogP contribution in [-0.4, -0.2) is 13.1 Å². The molecule has 0 aromatic carbocycles. The summed E-state index contributed by atoms with van der Waals surface area (Å²) in [6.45, 7) is 7.14. The number of hydrogen-bond donors (Lipinski definition) is 1. The molecule has 1 N–H and O–H groups in total. The topological polar surface area (TPSA) is 12.0 Å². The predicted octanol–water partition coefficient (Wildman–Crippen LogP) is 3.20. The second-order valence-electron chi connectivity index (χ2n) is 5.55. The molecule has 0 radical (unpaired) electrons. The van der Waals surface area contributed by atoms with Crippen LogP contribution in [0.1, 0.15) is 52.4 Å². The van der Waals surface area contributed by atoms with Gasteiger partial charge in [-0.25, -0.2) is 0 Å². The van der Waals surface area contributed by atoms with Gasteiger partial charge in [-0.15, -0.1) is 0 Å². The summed E-state index contributed by atoms with van der Waals surface area (Å²) in [6, 6.07) is 0. The van der Waals surface area contributed by atoms with E-state index in [0.29, 0.717) is 0 Å². The molecule has 0 heterocycles. The van der Waals surface area contributed by atoms with Crippen LogP contribution in [0.15, 0.2) is 0 Å². The molecular formula is C13H25N. The lowest BCUT2D eigenvalue weighted by Gasteiger charge is -2.28. The minimum absolute atomic E-state index is 0.725. The van der Waals surface area contributed by atoms with E-state index in [1.807, 2.05) is 0 Å². The van der Waals surface area contributed by atoms with Crippen molar-refractivity contribution in [3.8, 4) is 0 Å². The molecule has 82 valence electrons. The molecule has 0 aromatic heterocycles. The maximum Gasteiger partial charge on any atom is -0.00151 e. The first-order valence-electron chi connectivity index (χ1n) is 6.48. The van der Waals surface area contributed by atoms with E-state index in [4.69, 9.17) is 0 Å². The van der Waals surface area contributed by atoms with E-state index in [0.717, 1.165) is 23.8 Å². The van der Waals surface area contributed by atoms with Crippen LogP contribution in [0.4, 0.5) is 0 Å². The summed E-state index contributed by atoms with van der Waals surface area (Å²) in [5.74, 6) is 2.05. The van der Waals surface area contributed by atoms with Crippen molar-refractivity contribution in [2.45, 2.75) is 52.4 Å². The average molecular weight is 195 g/mol. The molecule has 2 unspecified atom stereocenters. The lowest BCUT2D eigenvalue weighted by Crippen LogP contribution is -2.23. The summed E-state index contributed by atoms with van der Waals surface area (Å²) in [4.78, 5) is 0. The van der Waals surface area contributed by atoms with Gasteiger partial charge in [0.15, 0.2) is 0 Å². The van der Waals surface area contributed by atoms with Gasteiger partial charge in [0.25, 0.3) is 0 Å². The molecule has 0 spiro atoms. The molecule has 2 aliphatic carbocycles. The van der Waals surface area contributed by atoms with Gasteiger partial charge in [-0.2, -0.15) is 0 Å². The summed E-state index contributed by atoms with van der Waals surface area (Å²) in [5.41, 5.74) is 0.725. The monoisotopic (exact) mass is 195 g/mol. The zero-order chi connectivity index (χ0) is 10.0. The molecule has 1 heteroatoms. The number of hydrogen-bond acceptors (Lipinski definition) is 1. The maximum atomic E-state index is 3.50. The Morgan fingerprint density at radius 3 is 2.57 bits per heavy atom. The van der Waals surface area contributed by atoms with Crippen LogP contribution in [0.2, 0.25) is 0 Å². The Labute approximate surface area is 88.7 Å². The van der Waals surface area contributed by atoms with Crippen molar-refractivity contribution >= 4 is 0 Å². The molecule has 14 heavy (non-hydrogen) atoms. The molecule has 0 bridgehead atoms. The van der Waals surface area contributed by atoms with Crippen molar-refractivity contribution in [2.75, 3.05) is 13.1 Å². The molecule has 2 aliphatic rings. The fraction of sp³-hybridized carbons (Fsp3) is 1.00. The first-order chi connectivity index (χ1) is 6.77. The largest absolute Gasteiger partial charge is 0.317 e. The van der Waals surface area contributed by atoms with E-state index in [-0.39, 0.29) is 0 Å². The fourth-order valence-electron chi connectivity index (χ4n) is 3.36. The molecule has 2 atom stereocenters. The van der Waals surface area contributed by atoms with Gasteiger partial charge in [0.2, 0.25) is 0 Å². The van der Waals surface area contributed by atoms with E-state index in [9.17, 15) is 0 Å². The summed E-state index contributed by atoms with van der Waals surface area (Å²) < 4.78 is 0. The van der Waals surface area contributed by atoms with E-state index in [1.54, 1.807) is 0 Å². The SMILES string of the molecule is CCNCC1CC1(C)C1CCCCC1. The second-order valence-corrected chi connectivity index (χ2v) is 5.55. The van der Waals surface area contributed by atoms with Gasteiger partial charge < -0.3 is 5.32 Å². The van der Waals surface area contributed by atoms with Crippen molar-refractivity contribution < 1.29 is 0 Å². The lowest BCUT2D eigenvalue weighted by molar-refractivity contribution is 0.226. The van der Waals surface area contributed by atoms with Gasteiger partial charge in [-0.3, -0.25) is 0 Å². The minimum atomic E-state index is 0.725. The Morgan fingerprint density at radius 1 is 1.21 bits per heavy atom. The van der Waals surface area contributed by atoms with E-state index in [2.05, 4.69) is 19.2 Å². The fourth-order valence-corrected chi connectivity index (χ4v) is 3.36. The van der Waals surface area contributed by atoms with Gasteiger partial charge >= 0.3 is 0 Å². The minimum Gasteiger partial charge on any atom is -0.317 e. The molecule has 1 nitrogen and oxygen atoms in total. The number of nitrogens with one attached hydrogen (secondary N) is 1. The molecule has 2 fully saturated rings. The molecule has 2 saturated carbocycles. The van der Waals surface area contributed by atoms with E-state index < -0.39 is 0 Å². The average Bonchev–Trinajstić information content (AvgIpc) is 2.90. The van der Waals surface area contributed by atoms with Crippen LogP contribution in [0.5, 0.6) is 0 Å². The van der Waals surface area contributed by atoms with Crippen molar-refractivity contribution in [1.82, 2.24) is 5.32 Å². The molecule has 0 aromatic rings. The van der Waals surface area contributed by atoms with Crippen molar-refractivity contribution in [3.05, 3.63) is 0 Å². The van der Waals surface area contributed by atoms with Crippen LogP contribution in [0, 0.1) is 17.3 Å². The van der Waals surface area contributed by atoms with Gasteiger partial charge in [0.1, 0.15) is 0 Å². The molecular weight excluding hydrogens is 170 g/mol. The van der Waals surface area contributed by atoms with Gasteiger partial charge in [0, 0.05) is 0 Å². The highest BCUT2D eigenvalue weighted by Gasteiger charge is 2.53.